The number of nitrogens with one attached hydrogen (secondary N) is 1. The zero-order chi connectivity index (χ0) is 30.7. The number of alkyl halides is 3. The van der Waals surface area contributed by atoms with Crippen molar-refractivity contribution in [1.29, 1.82) is 0 Å². The Hall–Kier alpha value is -3.75. The molecule has 3 rings (SSSR count). The maximum Gasteiger partial charge on any atom is 0.417 e. The predicted molar refractivity (Wildman–Crippen MR) is 139 cm³/mol. The smallest absolute Gasteiger partial charge is 0.417 e. The van der Waals surface area contributed by atoms with Gasteiger partial charge in [-0.1, -0.05) is 0 Å². The van der Waals surface area contributed by atoms with Gasteiger partial charge in [0.25, 0.3) is 11.8 Å². The van der Waals surface area contributed by atoms with Gasteiger partial charge in [0, 0.05) is 39.3 Å². The molecular formula is C26H35F3N4O8. The number of likely N-dealkylation sites (tertiary alicyclic amines) is 1. The molecule has 0 aromatic heterocycles. The van der Waals surface area contributed by atoms with Crippen molar-refractivity contribution in [2.24, 2.45) is 0 Å². The van der Waals surface area contributed by atoms with E-state index in [0.717, 1.165) is 23.0 Å². The monoisotopic (exact) mass is 588 g/mol. The second-order valence-corrected chi connectivity index (χ2v) is 10.3. The molecule has 0 spiro atoms. The summed E-state index contributed by atoms with van der Waals surface area (Å²) in [6.45, 7) is 4.28. The molecule has 2 atom stereocenters. The maximum absolute atomic E-state index is 14.4. The Bertz CT molecular complexity index is 1180. The molecule has 0 aliphatic carbocycles. The van der Waals surface area contributed by atoms with Crippen LogP contribution in [-0.2, 0) is 20.4 Å². The van der Waals surface area contributed by atoms with E-state index in [4.69, 9.17) is 9.47 Å². The summed E-state index contributed by atoms with van der Waals surface area (Å²) in [6.07, 6.45) is -6.08. The second-order valence-electron chi connectivity index (χ2n) is 10.3. The van der Waals surface area contributed by atoms with E-state index in [1.165, 1.54) is 18.9 Å². The van der Waals surface area contributed by atoms with Crippen LogP contribution < -0.4 is 15.0 Å². The fourth-order valence-electron chi connectivity index (χ4n) is 5.20. The van der Waals surface area contributed by atoms with Gasteiger partial charge in [-0.15, -0.1) is 0 Å². The number of anilines is 1. The van der Waals surface area contributed by atoms with Crippen LogP contribution in [0.15, 0.2) is 12.1 Å². The molecule has 0 radical (unpaired) electrons. The van der Waals surface area contributed by atoms with Crippen LogP contribution in [-0.4, -0.2) is 104 Å². The molecule has 15 heteroatoms. The van der Waals surface area contributed by atoms with Gasteiger partial charge in [0.2, 0.25) is 5.60 Å². The number of piperidine rings is 1. The zero-order valence-electron chi connectivity index (χ0n) is 23.5. The van der Waals surface area contributed by atoms with Crippen molar-refractivity contribution in [1.82, 2.24) is 15.1 Å². The van der Waals surface area contributed by atoms with Gasteiger partial charge in [-0.25, -0.2) is 9.59 Å². The van der Waals surface area contributed by atoms with E-state index in [-0.39, 0.29) is 44.2 Å². The van der Waals surface area contributed by atoms with Gasteiger partial charge in [-0.3, -0.25) is 9.59 Å². The second kappa shape index (κ2) is 12.4. The first-order valence-electron chi connectivity index (χ1n) is 13.0. The van der Waals surface area contributed by atoms with Crippen LogP contribution >= 0.6 is 0 Å². The summed E-state index contributed by atoms with van der Waals surface area (Å²) in [7, 11) is 2.46. The molecule has 1 unspecified atom stereocenters. The normalized spacial score (nSPS) is 20.8. The molecule has 1 aromatic rings. The first-order chi connectivity index (χ1) is 19.1. The van der Waals surface area contributed by atoms with Crippen molar-refractivity contribution in [3.05, 3.63) is 23.3 Å². The Kier molecular flexibility index (Phi) is 9.62. The third-order valence-corrected chi connectivity index (χ3v) is 7.02. The highest BCUT2D eigenvalue weighted by Crippen LogP contribution is 2.44. The summed E-state index contributed by atoms with van der Waals surface area (Å²) < 4.78 is 58.7. The summed E-state index contributed by atoms with van der Waals surface area (Å²) in [5, 5.41) is 11.9. The minimum absolute atomic E-state index is 0.0478. The number of carboxylic acid groups (broad SMARTS) is 1. The molecule has 1 fully saturated rings. The Morgan fingerprint density at radius 3 is 2.51 bits per heavy atom. The van der Waals surface area contributed by atoms with E-state index in [0.29, 0.717) is 18.9 Å². The SMILES string of the molecule is COCC1(C)Oc2cc(C(F)(F)F)c(C(=O)N(C(C)C)[C@@H]3CCCN(C(=O)O)C3)cc2N(CCNC(=O)OC)C1=O. The first-order valence-corrected chi connectivity index (χ1v) is 13.0. The fourth-order valence-corrected chi connectivity index (χ4v) is 5.20. The highest BCUT2D eigenvalue weighted by atomic mass is 19.4. The summed E-state index contributed by atoms with van der Waals surface area (Å²) >= 11 is 0. The number of rotatable bonds is 8. The maximum atomic E-state index is 14.4. The van der Waals surface area contributed by atoms with E-state index < -0.39 is 59.0 Å². The molecule has 41 heavy (non-hydrogen) atoms. The molecule has 228 valence electrons. The van der Waals surface area contributed by atoms with Gasteiger partial charge in [-0.05, 0) is 45.7 Å². The Balaban J connectivity index is 2.13. The molecule has 12 nitrogen and oxygen atoms in total. The number of amides is 4. The van der Waals surface area contributed by atoms with Crippen LogP contribution in [0.1, 0.15) is 49.5 Å². The van der Waals surface area contributed by atoms with Crippen molar-refractivity contribution in [3.63, 3.8) is 0 Å². The standard InChI is InChI=1S/C26H35F3N4O8/c1-15(2)33(16-7-6-9-31(13-16)24(37)38)21(34)17-11-19-20(12-18(17)26(27,28)29)41-25(3,14-39-4)22(35)32(19)10-8-30-23(36)40-5/h11-12,15-16H,6-10,13-14H2,1-5H3,(H,30,36)(H,37,38)/t16-,25?/m1/s1. The average Bonchev–Trinajstić information content (AvgIpc) is 2.89. The van der Waals surface area contributed by atoms with Crippen molar-refractivity contribution in [3.8, 4) is 5.75 Å². The number of benzene rings is 1. The molecular weight excluding hydrogens is 553 g/mol. The van der Waals surface area contributed by atoms with Gasteiger partial charge >= 0.3 is 18.4 Å². The number of carbonyl (C=O) groups excluding carboxylic acids is 3. The summed E-state index contributed by atoms with van der Waals surface area (Å²) in [5.41, 5.74) is -3.76. The topological polar surface area (TPSA) is 138 Å². The molecule has 1 saturated heterocycles. The lowest BCUT2D eigenvalue weighted by Crippen LogP contribution is -2.58. The number of halogens is 3. The first kappa shape index (κ1) is 31.8. The minimum Gasteiger partial charge on any atom is -0.473 e. The van der Waals surface area contributed by atoms with Gasteiger partial charge in [0.1, 0.15) is 5.75 Å². The zero-order valence-corrected chi connectivity index (χ0v) is 23.5. The van der Waals surface area contributed by atoms with E-state index in [1.807, 2.05) is 0 Å². The number of hydrogen-bond donors (Lipinski definition) is 2. The lowest BCUT2D eigenvalue weighted by atomic mass is 9.96. The van der Waals surface area contributed by atoms with Crippen LogP contribution in [0.2, 0.25) is 0 Å². The van der Waals surface area contributed by atoms with Gasteiger partial charge in [-0.2, -0.15) is 13.2 Å². The minimum atomic E-state index is -4.97. The molecule has 1 aromatic carbocycles. The predicted octanol–water partition coefficient (Wildman–Crippen LogP) is 3.18. The lowest BCUT2D eigenvalue weighted by molar-refractivity contribution is -0.140. The van der Waals surface area contributed by atoms with Gasteiger partial charge in [0.05, 0.1) is 36.6 Å². The Labute approximate surface area is 235 Å². The van der Waals surface area contributed by atoms with Crippen LogP contribution in [0.4, 0.5) is 28.4 Å². The summed E-state index contributed by atoms with van der Waals surface area (Å²) in [6, 6.07) is 0.428. The summed E-state index contributed by atoms with van der Waals surface area (Å²) in [5.74, 6) is -1.91. The molecule has 4 amide bonds. The lowest BCUT2D eigenvalue weighted by Gasteiger charge is -2.42. The highest BCUT2D eigenvalue weighted by molar-refractivity contribution is 6.05. The largest absolute Gasteiger partial charge is 0.473 e. The van der Waals surface area contributed by atoms with E-state index in [2.05, 4.69) is 10.1 Å². The number of alkyl carbamates (subject to hydrolysis) is 1. The van der Waals surface area contributed by atoms with Crippen molar-refractivity contribution in [2.75, 3.05) is 51.9 Å². The summed E-state index contributed by atoms with van der Waals surface area (Å²) in [4.78, 5) is 54.1. The number of carbonyl (C=O) groups is 4. The third-order valence-electron chi connectivity index (χ3n) is 7.02. The van der Waals surface area contributed by atoms with Crippen LogP contribution in [0.5, 0.6) is 5.75 Å². The third kappa shape index (κ3) is 6.77. The Morgan fingerprint density at radius 2 is 1.95 bits per heavy atom. The van der Waals surface area contributed by atoms with E-state index in [9.17, 15) is 37.5 Å². The highest BCUT2D eigenvalue weighted by Gasteiger charge is 2.48. The number of hydrogen-bond acceptors (Lipinski definition) is 7. The van der Waals surface area contributed by atoms with Gasteiger partial charge < -0.3 is 39.3 Å². The molecule has 2 heterocycles. The molecule has 0 bridgehead atoms. The molecule has 2 aliphatic heterocycles. The van der Waals surface area contributed by atoms with Crippen molar-refractivity contribution >= 4 is 29.7 Å². The van der Waals surface area contributed by atoms with Gasteiger partial charge in [0.15, 0.2) is 0 Å². The molecule has 2 N–H and O–H groups in total. The quantitative estimate of drug-likeness (QED) is 0.473. The van der Waals surface area contributed by atoms with E-state index in [1.54, 1.807) is 13.8 Å². The van der Waals surface area contributed by atoms with Crippen molar-refractivity contribution in [2.45, 2.75) is 57.5 Å². The van der Waals surface area contributed by atoms with Crippen LogP contribution in [0, 0.1) is 0 Å². The van der Waals surface area contributed by atoms with E-state index >= 15 is 0 Å². The van der Waals surface area contributed by atoms with Crippen LogP contribution in [0.25, 0.3) is 0 Å². The van der Waals surface area contributed by atoms with Crippen LogP contribution in [0.3, 0.4) is 0 Å². The average molecular weight is 589 g/mol. The fraction of sp³-hybridized carbons (Fsp3) is 0.615. The number of ether oxygens (including phenoxy) is 3. The number of fused-ring (bicyclic) bond motifs is 1. The Morgan fingerprint density at radius 1 is 1.27 bits per heavy atom. The molecule has 2 aliphatic rings. The number of nitrogens with zero attached hydrogens (tertiary/aromatic N) is 3. The number of methoxy groups -OCH3 is 2. The molecule has 0 saturated carbocycles. The van der Waals surface area contributed by atoms with Crippen molar-refractivity contribution < 1.29 is 51.7 Å².